The molecule has 5 N–H and O–H groups in total. The van der Waals surface area contributed by atoms with E-state index in [1.807, 2.05) is 6.07 Å². The topological polar surface area (TPSA) is 226 Å². The number of halogens is 2. The number of nitro benzene ring substituents is 2. The van der Waals surface area contributed by atoms with E-state index < -0.39 is 9.85 Å². The van der Waals surface area contributed by atoms with Gasteiger partial charge in [-0.1, -0.05) is 28.4 Å². The maximum absolute atomic E-state index is 10.9. The third-order valence-electron chi connectivity index (χ3n) is 6.33. The lowest BCUT2D eigenvalue weighted by molar-refractivity contribution is -0.385. The van der Waals surface area contributed by atoms with E-state index in [-0.39, 0.29) is 17.2 Å². The highest BCUT2D eigenvalue weighted by Gasteiger charge is 2.16. The molecule has 2 aromatic heterocycles. The number of nitro groups is 2. The zero-order valence-electron chi connectivity index (χ0n) is 22.0. The Morgan fingerprint density at radius 3 is 1.80 bits per heavy atom. The van der Waals surface area contributed by atoms with Crippen molar-refractivity contribution in [3.8, 4) is 28.8 Å². The maximum Gasteiger partial charge on any atom is 0.270 e. The standard InChI is InChI=1S/C14H10ClN5O3.C14H7ClN4O2/c15-10-3-2-8(20(22)23)6-9(10)14-17-11-4-1-7(13(16)19-21)5-12(11)18-14;15-11-3-2-9(19(20)21)6-10(11)14-17-12-4-1-8(7-16)5-13(12)18-14/h1-6,21H,(H2,16,19)(H,17,18);1-6H,(H,17,18). The van der Waals surface area contributed by atoms with Crippen molar-refractivity contribution in [2.75, 3.05) is 0 Å². The first-order valence-electron chi connectivity index (χ1n) is 12.3. The molecule has 0 aliphatic rings. The summed E-state index contributed by atoms with van der Waals surface area (Å²) in [6.07, 6.45) is 0. The molecular weight excluding hydrogens is 613 g/mol. The Hall–Kier alpha value is -6.04. The number of nitriles is 1. The average molecular weight is 630 g/mol. The van der Waals surface area contributed by atoms with Gasteiger partial charge in [0.05, 0.1) is 53.6 Å². The van der Waals surface area contributed by atoms with Crippen LogP contribution >= 0.6 is 23.2 Å². The van der Waals surface area contributed by atoms with Crippen LogP contribution in [0.5, 0.6) is 0 Å². The number of aromatic amines is 2. The molecule has 0 saturated carbocycles. The number of aromatic nitrogens is 4. The highest BCUT2D eigenvalue weighted by molar-refractivity contribution is 6.33. The molecular formula is C28H17Cl2N9O5. The van der Waals surface area contributed by atoms with Gasteiger partial charge in [0.2, 0.25) is 0 Å². The van der Waals surface area contributed by atoms with Crippen LogP contribution in [0.4, 0.5) is 11.4 Å². The number of fused-ring (bicyclic) bond motifs is 2. The van der Waals surface area contributed by atoms with E-state index in [0.29, 0.717) is 66.0 Å². The van der Waals surface area contributed by atoms with Gasteiger partial charge in [0.15, 0.2) is 5.84 Å². The second kappa shape index (κ2) is 12.1. The SMILES string of the molecule is N#Cc1ccc2nc(-c3cc([N+](=O)[O-])ccc3Cl)[nH]c2c1.N/C(=N\O)c1ccc2nc(-c3cc([N+](=O)[O-])ccc3Cl)[nH]c2c1. The molecule has 2 heterocycles. The fraction of sp³-hybridized carbons (Fsp3) is 0. The number of hydrogen-bond acceptors (Lipinski definition) is 9. The van der Waals surface area contributed by atoms with Gasteiger partial charge in [-0.2, -0.15) is 5.26 Å². The van der Waals surface area contributed by atoms with Gasteiger partial charge in [0.1, 0.15) is 11.6 Å². The van der Waals surface area contributed by atoms with Crippen molar-refractivity contribution in [2.24, 2.45) is 10.9 Å². The second-order valence-corrected chi connectivity index (χ2v) is 9.89. The molecule has 0 amide bonds. The minimum absolute atomic E-state index is 0.0311. The largest absolute Gasteiger partial charge is 0.409 e. The number of non-ortho nitro benzene ring substituents is 2. The van der Waals surface area contributed by atoms with Crippen LogP contribution < -0.4 is 5.73 Å². The highest BCUT2D eigenvalue weighted by Crippen LogP contribution is 2.32. The van der Waals surface area contributed by atoms with Gasteiger partial charge >= 0.3 is 0 Å². The summed E-state index contributed by atoms with van der Waals surface area (Å²) in [6, 6.07) is 20.4. The van der Waals surface area contributed by atoms with Gasteiger partial charge in [0.25, 0.3) is 11.4 Å². The molecule has 0 radical (unpaired) electrons. The van der Waals surface area contributed by atoms with Crippen molar-refractivity contribution in [2.45, 2.75) is 0 Å². The number of nitrogens with zero attached hydrogens (tertiary/aromatic N) is 6. The first-order valence-corrected chi connectivity index (χ1v) is 13.1. The van der Waals surface area contributed by atoms with E-state index in [0.717, 1.165) is 0 Å². The summed E-state index contributed by atoms with van der Waals surface area (Å²) in [5, 5.41) is 43.0. The lowest BCUT2D eigenvalue weighted by atomic mass is 10.2. The number of nitrogens with one attached hydrogen (secondary N) is 2. The Kier molecular flexibility index (Phi) is 8.07. The zero-order chi connectivity index (χ0) is 31.5. The number of oxime groups is 1. The van der Waals surface area contributed by atoms with Crippen molar-refractivity contribution >= 4 is 62.5 Å². The molecule has 0 saturated heterocycles. The van der Waals surface area contributed by atoms with Crippen molar-refractivity contribution in [3.63, 3.8) is 0 Å². The zero-order valence-corrected chi connectivity index (χ0v) is 23.5. The molecule has 0 spiro atoms. The predicted molar refractivity (Wildman–Crippen MR) is 164 cm³/mol. The number of H-pyrrole nitrogens is 2. The summed E-state index contributed by atoms with van der Waals surface area (Å²) in [6.45, 7) is 0. The highest BCUT2D eigenvalue weighted by atomic mass is 35.5. The van der Waals surface area contributed by atoms with E-state index in [9.17, 15) is 20.2 Å². The molecule has 218 valence electrons. The van der Waals surface area contributed by atoms with Crippen LogP contribution in [-0.4, -0.2) is 40.8 Å². The third-order valence-corrected chi connectivity index (χ3v) is 6.99. The first kappa shape index (κ1) is 29.5. The predicted octanol–water partition coefficient (Wildman–Crippen LogP) is 6.55. The first-order chi connectivity index (χ1) is 21.1. The average Bonchev–Trinajstić information content (AvgIpc) is 3.64. The van der Waals surface area contributed by atoms with Gasteiger partial charge in [0, 0.05) is 41.0 Å². The molecule has 4 aromatic carbocycles. The molecule has 0 bridgehead atoms. The van der Waals surface area contributed by atoms with Crippen LogP contribution in [-0.2, 0) is 0 Å². The number of amidine groups is 1. The summed E-state index contributed by atoms with van der Waals surface area (Å²) in [4.78, 5) is 35.5. The Bertz CT molecular complexity index is 2170. The van der Waals surface area contributed by atoms with Crippen LogP contribution in [0, 0.1) is 31.6 Å². The molecule has 0 aliphatic heterocycles. The Morgan fingerprint density at radius 1 is 0.818 bits per heavy atom. The van der Waals surface area contributed by atoms with Crippen LogP contribution in [0.1, 0.15) is 11.1 Å². The summed E-state index contributed by atoms with van der Waals surface area (Å²) in [5.74, 6) is 0.788. The lowest BCUT2D eigenvalue weighted by Crippen LogP contribution is -2.12. The van der Waals surface area contributed by atoms with Crippen LogP contribution in [0.2, 0.25) is 10.0 Å². The normalized spacial score (nSPS) is 11.2. The van der Waals surface area contributed by atoms with E-state index in [2.05, 4.69) is 25.1 Å². The molecule has 14 nitrogen and oxygen atoms in total. The Labute approximate surface area is 256 Å². The second-order valence-electron chi connectivity index (χ2n) is 9.07. The monoisotopic (exact) mass is 629 g/mol. The quantitative estimate of drug-likeness (QED) is 0.0531. The van der Waals surface area contributed by atoms with Crippen LogP contribution in [0.25, 0.3) is 44.8 Å². The maximum atomic E-state index is 10.9. The summed E-state index contributed by atoms with van der Waals surface area (Å²) in [5.41, 5.74) is 9.87. The molecule has 0 fully saturated rings. The fourth-order valence-corrected chi connectivity index (χ4v) is 4.59. The van der Waals surface area contributed by atoms with Gasteiger partial charge in [-0.05, 0) is 48.5 Å². The van der Waals surface area contributed by atoms with Crippen molar-refractivity contribution in [3.05, 3.63) is 114 Å². The van der Waals surface area contributed by atoms with E-state index in [1.54, 1.807) is 36.4 Å². The molecule has 6 rings (SSSR count). The molecule has 0 atom stereocenters. The molecule has 0 unspecified atom stereocenters. The minimum Gasteiger partial charge on any atom is -0.409 e. The number of benzene rings is 4. The van der Waals surface area contributed by atoms with Crippen molar-refractivity contribution in [1.29, 1.82) is 5.26 Å². The molecule has 44 heavy (non-hydrogen) atoms. The minimum atomic E-state index is -0.501. The Balaban J connectivity index is 0.000000175. The van der Waals surface area contributed by atoms with Gasteiger partial charge in [-0.25, -0.2) is 9.97 Å². The molecule has 0 aliphatic carbocycles. The van der Waals surface area contributed by atoms with Gasteiger partial charge in [-0.3, -0.25) is 20.2 Å². The summed E-state index contributed by atoms with van der Waals surface area (Å²) in [7, 11) is 0. The van der Waals surface area contributed by atoms with Crippen LogP contribution in [0.15, 0.2) is 78.0 Å². The van der Waals surface area contributed by atoms with E-state index >= 15 is 0 Å². The number of rotatable bonds is 5. The summed E-state index contributed by atoms with van der Waals surface area (Å²) < 4.78 is 0. The number of nitrogens with two attached hydrogens (primary N) is 1. The molecule has 6 aromatic rings. The third kappa shape index (κ3) is 5.95. The van der Waals surface area contributed by atoms with Crippen LogP contribution in [0.3, 0.4) is 0 Å². The van der Waals surface area contributed by atoms with Crippen molar-refractivity contribution < 1.29 is 15.1 Å². The summed E-state index contributed by atoms with van der Waals surface area (Å²) >= 11 is 12.2. The fourth-order valence-electron chi connectivity index (χ4n) is 4.18. The van der Waals surface area contributed by atoms with E-state index in [4.69, 9.17) is 39.4 Å². The van der Waals surface area contributed by atoms with Gasteiger partial charge in [-0.15, -0.1) is 0 Å². The number of hydrogen-bond donors (Lipinski definition) is 4. The van der Waals surface area contributed by atoms with Gasteiger partial charge < -0.3 is 20.9 Å². The van der Waals surface area contributed by atoms with Crippen molar-refractivity contribution in [1.82, 2.24) is 19.9 Å². The van der Waals surface area contributed by atoms with E-state index in [1.165, 1.54) is 36.4 Å². The Morgan fingerprint density at radius 2 is 1.32 bits per heavy atom. The smallest absolute Gasteiger partial charge is 0.270 e. The number of imidazole rings is 2. The lowest BCUT2D eigenvalue weighted by Gasteiger charge is -2.00. The molecule has 16 heteroatoms.